The molecule has 2 aromatic rings. The number of aryl methyl sites for hydroxylation is 3. The highest BCUT2D eigenvalue weighted by Gasteiger charge is 2.55. The molecule has 8 heteroatoms. The molecule has 5 nitrogen and oxygen atoms in total. The largest absolute Gasteiger partial charge is 0.737 e. The van der Waals surface area contributed by atoms with Gasteiger partial charge in [-0.2, -0.15) is 0 Å². The summed E-state index contributed by atoms with van der Waals surface area (Å²) >= 11 is 0. The molecule has 0 aromatic carbocycles. The predicted molar refractivity (Wildman–Crippen MR) is 134 cm³/mol. The molecule has 0 fully saturated rings. The fraction of sp³-hybridized carbons (Fsp3) is 0.538. The molecule has 0 saturated carbocycles. The van der Waals surface area contributed by atoms with Crippen molar-refractivity contribution in [1.29, 1.82) is 0 Å². The van der Waals surface area contributed by atoms with E-state index in [2.05, 4.69) is 9.55 Å². The summed E-state index contributed by atoms with van der Waals surface area (Å²) in [5.74, 6) is 0.599. The molecule has 184 valence electrons. The lowest BCUT2D eigenvalue weighted by Gasteiger charge is -2.33. The Labute approximate surface area is 201 Å². The summed E-state index contributed by atoms with van der Waals surface area (Å²) in [5.41, 5.74) is 3.89. The zero-order chi connectivity index (χ0) is 24.3. The van der Waals surface area contributed by atoms with Crippen LogP contribution in [-0.2, 0) is 11.3 Å². The Morgan fingerprint density at radius 2 is 1.65 bits per heavy atom. The van der Waals surface area contributed by atoms with E-state index >= 15 is 8.63 Å². The first-order chi connectivity index (χ1) is 16.3. The van der Waals surface area contributed by atoms with Gasteiger partial charge in [0.2, 0.25) is 11.5 Å². The Balaban J connectivity index is 1.26. The first-order valence-electron chi connectivity index (χ1n) is 12.7. The molecule has 2 aliphatic heterocycles. The van der Waals surface area contributed by atoms with Gasteiger partial charge in [0.15, 0.2) is 0 Å². The van der Waals surface area contributed by atoms with Crippen LogP contribution in [0.2, 0.25) is 0 Å². The maximum Gasteiger partial charge on any atom is 0.737 e. The minimum atomic E-state index is -3.93. The minimum absolute atomic E-state index is 0.534. The van der Waals surface area contributed by atoms with Gasteiger partial charge in [-0.3, -0.25) is 0 Å². The second kappa shape index (κ2) is 10.3. The zero-order valence-electron chi connectivity index (χ0n) is 21.0. The Morgan fingerprint density at radius 3 is 2.32 bits per heavy atom. The van der Waals surface area contributed by atoms with Crippen LogP contribution in [0, 0.1) is 13.8 Å². The highest BCUT2D eigenvalue weighted by molar-refractivity contribution is 6.58. The molecule has 4 rings (SSSR count). The van der Waals surface area contributed by atoms with Gasteiger partial charge in [0.05, 0.1) is 18.6 Å². The van der Waals surface area contributed by atoms with Gasteiger partial charge in [0.1, 0.15) is 5.71 Å². The zero-order valence-corrected chi connectivity index (χ0v) is 21.0. The number of hydrogen-bond acceptors (Lipinski definition) is 2. The molecule has 0 aliphatic carbocycles. The van der Waals surface area contributed by atoms with Crippen LogP contribution in [0.3, 0.4) is 0 Å². The maximum absolute atomic E-state index is 15.5. The van der Waals surface area contributed by atoms with E-state index in [-0.39, 0.29) is 0 Å². The van der Waals surface area contributed by atoms with Crippen LogP contribution in [0.25, 0.3) is 5.76 Å². The van der Waals surface area contributed by atoms with E-state index in [0.29, 0.717) is 35.2 Å². The number of allylic oxidation sites excluding steroid dienone is 2. The Morgan fingerprint density at radius 1 is 0.971 bits per heavy atom. The lowest BCUT2D eigenvalue weighted by molar-refractivity contribution is -0.365. The van der Waals surface area contributed by atoms with E-state index in [4.69, 9.17) is 4.74 Å². The number of unbranched alkanes of at least 4 members (excludes halogenated alkanes) is 7. The van der Waals surface area contributed by atoms with E-state index in [0.717, 1.165) is 30.5 Å². The van der Waals surface area contributed by atoms with Gasteiger partial charge in [0.25, 0.3) is 0 Å². The summed E-state index contributed by atoms with van der Waals surface area (Å²) in [4.78, 5) is 4.07. The smallest absolute Gasteiger partial charge is 0.486 e. The quantitative estimate of drug-likeness (QED) is 0.263. The number of hydrogen-bond donors (Lipinski definition) is 0. The van der Waals surface area contributed by atoms with Gasteiger partial charge < -0.3 is 26.9 Å². The van der Waals surface area contributed by atoms with Gasteiger partial charge in [0, 0.05) is 37.5 Å². The first-order valence-corrected chi connectivity index (χ1v) is 12.7. The molecule has 0 bridgehead atoms. The molecule has 0 atom stereocenters. The SMILES string of the molecule is CC1=CC(C)=[N+]2C1=C(OCCCCCCCCCCn1ccnc1)c1c(C)cc(C)n1[B-]2(F)F. The number of fused-ring (bicyclic) bond motifs is 2. The molecular formula is C26H37BF2N4O. The summed E-state index contributed by atoms with van der Waals surface area (Å²) in [7, 11) is 0. The van der Waals surface area contributed by atoms with Gasteiger partial charge >= 0.3 is 6.97 Å². The number of aromatic nitrogens is 3. The van der Waals surface area contributed by atoms with E-state index in [1.54, 1.807) is 13.8 Å². The van der Waals surface area contributed by atoms with Crippen molar-refractivity contribution in [3.8, 4) is 0 Å². The second-order valence-electron chi connectivity index (χ2n) is 9.77. The highest BCUT2D eigenvalue weighted by atomic mass is 19.2. The Kier molecular flexibility index (Phi) is 7.43. The molecule has 0 radical (unpaired) electrons. The van der Waals surface area contributed by atoms with Gasteiger partial charge in [-0.25, -0.2) is 4.98 Å². The number of halogens is 2. The van der Waals surface area contributed by atoms with Crippen molar-refractivity contribution in [2.24, 2.45) is 0 Å². The van der Waals surface area contributed by atoms with E-state index in [1.807, 2.05) is 44.7 Å². The van der Waals surface area contributed by atoms with Crippen molar-refractivity contribution in [1.82, 2.24) is 14.0 Å². The topological polar surface area (TPSA) is 35.0 Å². The third-order valence-corrected chi connectivity index (χ3v) is 7.01. The van der Waals surface area contributed by atoms with Crippen molar-refractivity contribution >= 4 is 18.4 Å². The highest BCUT2D eigenvalue weighted by Crippen LogP contribution is 2.41. The monoisotopic (exact) mass is 470 g/mol. The number of nitrogens with zero attached hydrogens (tertiary/aromatic N) is 4. The van der Waals surface area contributed by atoms with Crippen LogP contribution in [0.15, 0.2) is 42.1 Å². The number of ether oxygens (including phenoxy) is 1. The Bertz CT molecular complexity index is 1110. The standard InChI is InChI=1S/C26H37BF2N4O/c1-20-17-22(3)32-24(20)26(25-21(2)18-23(4)33(25)27(32,28)29)34-16-12-10-8-6-5-7-9-11-14-31-15-13-30-19-31/h13,15,17-19H,5-12,14,16H2,1-4H3. The summed E-state index contributed by atoms with van der Waals surface area (Å²) in [6.07, 6.45) is 17.0. The van der Waals surface area contributed by atoms with Gasteiger partial charge in [-0.1, -0.05) is 38.5 Å². The van der Waals surface area contributed by atoms with Crippen molar-refractivity contribution in [2.75, 3.05) is 6.61 Å². The molecule has 2 aromatic heterocycles. The third-order valence-electron chi connectivity index (χ3n) is 7.01. The van der Waals surface area contributed by atoms with Crippen LogP contribution in [0.4, 0.5) is 8.63 Å². The molecule has 4 heterocycles. The third kappa shape index (κ3) is 4.77. The molecule has 0 unspecified atom stereocenters. The first kappa shape index (κ1) is 24.5. The summed E-state index contributed by atoms with van der Waals surface area (Å²) < 4.78 is 41.8. The fourth-order valence-corrected chi connectivity index (χ4v) is 5.43. The van der Waals surface area contributed by atoms with Gasteiger partial charge in [-0.15, -0.1) is 0 Å². The summed E-state index contributed by atoms with van der Waals surface area (Å²) in [6, 6.07) is 1.83. The average Bonchev–Trinajstić information content (AvgIpc) is 3.47. The lowest BCUT2D eigenvalue weighted by atomic mass is 9.89. The Hall–Kier alpha value is -2.64. The van der Waals surface area contributed by atoms with Gasteiger partial charge in [-0.05, 0) is 50.9 Å². The van der Waals surface area contributed by atoms with Crippen LogP contribution < -0.4 is 0 Å². The van der Waals surface area contributed by atoms with Crippen LogP contribution >= 0.6 is 0 Å². The normalized spacial score (nSPS) is 16.7. The second-order valence-corrected chi connectivity index (χ2v) is 9.77. The molecule has 0 N–H and O–H groups in total. The van der Waals surface area contributed by atoms with E-state index < -0.39 is 6.97 Å². The van der Waals surface area contributed by atoms with E-state index in [1.165, 1.54) is 47.5 Å². The average molecular weight is 470 g/mol. The van der Waals surface area contributed by atoms with E-state index in [9.17, 15) is 0 Å². The molecular weight excluding hydrogens is 433 g/mol. The summed E-state index contributed by atoms with van der Waals surface area (Å²) in [5, 5.41) is 0. The molecule has 2 aliphatic rings. The van der Waals surface area contributed by atoms with Crippen molar-refractivity contribution in [2.45, 2.75) is 85.6 Å². The lowest BCUT2D eigenvalue weighted by Crippen LogP contribution is -2.51. The summed E-state index contributed by atoms with van der Waals surface area (Å²) in [6.45, 7) is 4.95. The van der Waals surface area contributed by atoms with Crippen molar-refractivity contribution in [3.63, 3.8) is 0 Å². The molecule has 34 heavy (non-hydrogen) atoms. The van der Waals surface area contributed by atoms with Crippen molar-refractivity contribution < 1.29 is 17.9 Å². The maximum atomic E-state index is 15.5. The predicted octanol–water partition coefficient (Wildman–Crippen LogP) is 6.48. The van der Waals surface area contributed by atoms with Crippen molar-refractivity contribution in [3.05, 3.63) is 59.1 Å². The minimum Gasteiger partial charge on any atom is -0.486 e. The molecule has 0 saturated heterocycles. The number of imidazole rings is 1. The fourth-order valence-electron chi connectivity index (χ4n) is 5.43. The molecule has 0 amide bonds. The molecule has 0 spiro atoms. The van der Waals surface area contributed by atoms with Crippen LogP contribution in [0.1, 0.15) is 82.2 Å². The number of rotatable bonds is 12. The van der Waals surface area contributed by atoms with Crippen LogP contribution in [-0.4, -0.2) is 37.8 Å². The van der Waals surface area contributed by atoms with Crippen LogP contribution in [0.5, 0.6) is 0 Å².